The molecule has 0 radical (unpaired) electrons. The molecule has 0 saturated carbocycles. The molecule has 0 bridgehead atoms. The van der Waals surface area contributed by atoms with Crippen molar-refractivity contribution < 1.29 is 22.7 Å². The summed E-state index contributed by atoms with van der Waals surface area (Å²) in [7, 11) is 0. The summed E-state index contributed by atoms with van der Waals surface area (Å²) in [5.41, 5.74) is 5.26. The van der Waals surface area contributed by atoms with Gasteiger partial charge in [-0.15, -0.1) is 0 Å². The molecule has 0 heterocycles. The number of hydrogen-bond donors (Lipinski definition) is 1. The Labute approximate surface area is 96.4 Å². The van der Waals surface area contributed by atoms with Crippen LogP contribution in [0.1, 0.15) is 24.9 Å². The molecule has 0 amide bonds. The number of esters is 1. The summed E-state index contributed by atoms with van der Waals surface area (Å²) in [6, 6.07) is -0.0197. The van der Waals surface area contributed by atoms with E-state index in [2.05, 4.69) is 4.74 Å². The van der Waals surface area contributed by atoms with Crippen molar-refractivity contribution >= 4 is 5.97 Å². The zero-order valence-corrected chi connectivity index (χ0v) is 9.17. The average molecular weight is 247 g/mol. The molecule has 0 aliphatic heterocycles. The van der Waals surface area contributed by atoms with Crippen LogP contribution in [-0.4, -0.2) is 12.6 Å². The van der Waals surface area contributed by atoms with Gasteiger partial charge in [-0.1, -0.05) is 0 Å². The summed E-state index contributed by atoms with van der Waals surface area (Å²) in [6.45, 7) is 1.79. The fourth-order valence-corrected chi connectivity index (χ4v) is 1.33. The van der Waals surface area contributed by atoms with Crippen LogP contribution in [0.15, 0.2) is 12.1 Å². The maximum atomic E-state index is 13.3. The van der Waals surface area contributed by atoms with Crippen molar-refractivity contribution in [3.05, 3.63) is 35.1 Å². The van der Waals surface area contributed by atoms with Crippen LogP contribution in [-0.2, 0) is 9.53 Å². The minimum atomic E-state index is -1.30. The van der Waals surface area contributed by atoms with Crippen LogP contribution < -0.4 is 5.73 Å². The summed E-state index contributed by atoms with van der Waals surface area (Å²) in [5.74, 6) is -4.11. The first kappa shape index (κ1) is 13.5. The highest BCUT2D eigenvalue weighted by atomic mass is 19.2. The van der Waals surface area contributed by atoms with Gasteiger partial charge in [-0.3, -0.25) is 4.79 Å². The van der Waals surface area contributed by atoms with Gasteiger partial charge >= 0.3 is 5.97 Å². The smallest absolute Gasteiger partial charge is 0.307 e. The summed E-state index contributed by atoms with van der Waals surface area (Å²) in [5, 5.41) is 0. The quantitative estimate of drug-likeness (QED) is 0.654. The predicted octanol–water partition coefficient (Wildman–Crippen LogP) is 2.06. The fraction of sp³-hybridized carbons (Fsp3) is 0.364. The Morgan fingerprint density at radius 1 is 1.29 bits per heavy atom. The standard InChI is InChI=1S/C11H12F3NO2/c1-2-17-11(16)5-10(15)6-3-8(13)9(14)4-7(6)12/h3-4,10H,2,5,15H2,1H3/t10-/m0/s1. The molecule has 0 saturated heterocycles. The van der Waals surface area contributed by atoms with Crippen LogP contribution in [0.4, 0.5) is 13.2 Å². The highest BCUT2D eigenvalue weighted by molar-refractivity contribution is 5.70. The molecule has 17 heavy (non-hydrogen) atoms. The third-order valence-corrected chi connectivity index (χ3v) is 2.13. The molecule has 1 aromatic rings. The molecule has 0 aromatic heterocycles. The molecule has 1 atom stereocenters. The topological polar surface area (TPSA) is 52.3 Å². The molecule has 0 aliphatic carbocycles. The molecule has 0 unspecified atom stereocenters. The van der Waals surface area contributed by atoms with E-state index >= 15 is 0 Å². The molecule has 0 spiro atoms. The van der Waals surface area contributed by atoms with E-state index in [0.717, 1.165) is 0 Å². The molecule has 3 nitrogen and oxygen atoms in total. The SMILES string of the molecule is CCOC(=O)C[C@H](N)c1cc(F)c(F)cc1F. The second kappa shape index (κ2) is 5.67. The Bertz CT molecular complexity index is 423. The number of benzene rings is 1. The van der Waals surface area contributed by atoms with E-state index in [4.69, 9.17) is 5.73 Å². The summed E-state index contributed by atoms with van der Waals surface area (Å²) in [4.78, 5) is 11.1. The molecule has 1 rings (SSSR count). The lowest BCUT2D eigenvalue weighted by Gasteiger charge is -2.12. The Balaban J connectivity index is 2.85. The minimum Gasteiger partial charge on any atom is -0.466 e. The largest absolute Gasteiger partial charge is 0.466 e. The van der Waals surface area contributed by atoms with Gasteiger partial charge < -0.3 is 10.5 Å². The fourth-order valence-electron chi connectivity index (χ4n) is 1.33. The van der Waals surface area contributed by atoms with Crippen molar-refractivity contribution in [3.8, 4) is 0 Å². The van der Waals surface area contributed by atoms with E-state index in [9.17, 15) is 18.0 Å². The molecule has 2 N–H and O–H groups in total. The number of rotatable bonds is 4. The predicted molar refractivity (Wildman–Crippen MR) is 54.5 cm³/mol. The number of nitrogens with two attached hydrogens (primary N) is 1. The Hall–Kier alpha value is -1.56. The van der Waals surface area contributed by atoms with Crippen molar-refractivity contribution in [3.63, 3.8) is 0 Å². The van der Waals surface area contributed by atoms with Crippen molar-refractivity contribution in [2.24, 2.45) is 5.73 Å². The number of carbonyl (C=O) groups is 1. The van der Waals surface area contributed by atoms with Gasteiger partial charge in [0.25, 0.3) is 0 Å². The van der Waals surface area contributed by atoms with Crippen molar-refractivity contribution in [1.29, 1.82) is 0 Å². The van der Waals surface area contributed by atoms with Crippen molar-refractivity contribution in [1.82, 2.24) is 0 Å². The van der Waals surface area contributed by atoms with Gasteiger partial charge in [0.05, 0.1) is 13.0 Å². The Morgan fingerprint density at radius 3 is 2.47 bits per heavy atom. The first-order valence-corrected chi connectivity index (χ1v) is 5.01. The Morgan fingerprint density at radius 2 is 1.88 bits per heavy atom. The lowest BCUT2D eigenvalue weighted by molar-refractivity contribution is -0.143. The summed E-state index contributed by atoms with van der Waals surface area (Å²) in [6.07, 6.45) is -0.296. The van der Waals surface area contributed by atoms with Gasteiger partial charge in [0, 0.05) is 17.7 Å². The van der Waals surface area contributed by atoms with E-state index in [-0.39, 0.29) is 18.6 Å². The van der Waals surface area contributed by atoms with Crippen LogP contribution >= 0.6 is 0 Å². The Kier molecular flexibility index (Phi) is 4.51. The first-order chi connectivity index (χ1) is 7.95. The molecule has 0 fully saturated rings. The van der Waals surface area contributed by atoms with E-state index < -0.39 is 29.5 Å². The van der Waals surface area contributed by atoms with Gasteiger partial charge in [-0.2, -0.15) is 0 Å². The van der Waals surface area contributed by atoms with E-state index in [0.29, 0.717) is 12.1 Å². The highest BCUT2D eigenvalue weighted by Crippen LogP contribution is 2.21. The maximum Gasteiger partial charge on any atom is 0.307 e. The molecule has 6 heteroatoms. The van der Waals surface area contributed by atoms with Gasteiger partial charge in [-0.25, -0.2) is 13.2 Å². The summed E-state index contributed by atoms with van der Waals surface area (Å²) < 4.78 is 43.4. The lowest BCUT2D eigenvalue weighted by Crippen LogP contribution is -2.18. The van der Waals surface area contributed by atoms with Crippen LogP contribution in [0.25, 0.3) is 0 Å². The number of ether oxygens (including phenoxy) is 1. The first-order valence-electron chi connectivity index (χ1n) is 5.01. The molecule has 1 aromatic carbocycles. The number of carbonyl (C=O) groups excluding carboxylic acids is 1. The van der Waals surface area contributed by atoms with E-state index in [1.165, 1.54) is 0 Å². The van der Waals surface area contributed by atoms with Crippen molar-refractivity contribution in [2.45, 2.75) is 19.4 Å². The number of hydrogen-bond acceptors (Lipinski definition) is 3. The van der Waals surface area contributed by atoms with Crippen LogP contribution in [0.3, 0.4) is 0 Å². The van der Waals surface area contributed by atoms with Crippen molar-refractivity contribution in [2.75, 3.05) is 6.61 Å². The third kappa shape index (κ3) is 3.45. The third-order valence-electron chi connectivity index (χ3n) is 2.13. The maximum absolute atomic E-state index is 13.3. The van der Waals surface area contributed by atoms with Crippen LogP contribution in [0.5, 0.6) is 0 Å². The van der Waals surface area contributed by atoms with Crippen LogP contribution in [0, 0.1) is 17.5 Å². The molecular formula is C11H12F3NO2. The van der Waals surface area contributed by atoms with Gasteiger partial charge in [0.1, 0.15) is 5.82 Å². The molecule has 94 valence electrons. The highest BCUT2D eigenvalue weighted by Gasteiger charge is 2.18. The van der Waals surface area contributed by atoms with Crippen LogP contribution in [0.2, 0.25) is 0 Å². The molecular weight excluding hydrogens is 235 g/mol. The number of halogens is 3. The van der Waals surface area contributed by atoms with E-state index in [1.54, 1.807) is 6.92 Å². The normalized spacial score (nSPS) is 12.3. The lowest BCUT2D eigenvalue weighted by atomic mass is 10.0. The average Bonchev–Trinajstić information content (AvgIpc) is 2.23. The van der Waals surface area contributed by atoms with Gasteiger partial charge in [-0.05, 0) is 13.0 Å². The zero-order chi connectivity index (χ0) is 13.0. The molecule has 0 aliphatic rings. The summed E-state index contributed by atoms with van der Waals surface area (Å²) >= 11 is 0. The monoisotopic (exact) mass is 247 g/mol. The minimum absolute atomic E-state index is 0.172. The second-order valence-electron chi connectivity index (χ2n) is 3.40. The van der Waals surface area contributed by atoms with Gasteiger partial charge in [0.15, 0.2) is 11.6 Å². The second-order valence-corrected chi connectivity index (χ2v) is 3.40. The zero-order valence-electron chi connectivity index (χ0n) is 9.17. The van der Waals surface area contributed by atoms with Gasteiger partial charge in [0.2, 0.25) is 0 Å². The van der Waals surface area contributed by atoms with E-state index in [1.807, 2.05) is 0 Å².